The average molecular weight is 298 g/mol. The Kier molecular flexibility index (Phi) is 4.76. The van der Waals surface area contributed by atoms with E-state index in [1.54, 1.807) is 4.90 Å². The Morgan fingerprint density at radius 1 is 1.14 bits per heavy atom. The van der Waals surface area contributed by atoms with E-state index in [1.807, 2.05) is 20.8 Å². The van der Waals surface area contributed by atoms with Crippen molar-refractivity contribution in [2.45, 2.75) is 51.7 Å². The Labute approximate surface area is 126 Å². The third kappa shape index (κ3) is 4.33. The minimum Gasteiger partial charge on any atom is -0.481 e. The zero-order valence-corrected chi connectivity index (χ0v) is 13.2. The summed E-state index contributed by atoms with van der Waals surface area (Å²) in [4.78, 5) is 27.2. The molecule has 21 heavy (non-hydrogen) atoms. The second-order valence-electron chi connectivity index (χ2n) is 7.04. The van der Waals surface area contributed by atoms with Crippen LogP contribution in [0.1, 0.15) is 40.0 Å². The summed E-state index contributed by atoms with van der Waals surface area (Å²) in [7, 11) is 0. The van der Waals surface area contributed by atoms with Gasteiger partial charge in [0.1, 0.15) is 5.60 Å². The molecule has 2 atom stereocenters. The standard InChI is InChI=1S/C15H26N2O4/c1-15(2,3)21-14(20)17-8-6-12(10-17)16-7-4-5-11(9-16)13(18)19/h11-12H,4-10H2,1-3H3,(H,18,19)/t11-,12+/m0/s1. The van der Waals surface area contributed by atoms with Gasteiger partial charge in [-0.1, -0.05) is 0 Å². The van der Waals surface area contributed by atoms with Gasteiger partial charge in [-0.3, -0.25) is 9.69 Å². The SMILES string of the molecule is CC(C)(C)OC(=O)N1CC[C@@H](N2CCC[C@H](C(=O)O)C2)C1. The number of nitrogens with zero attached hydrogens (tertiary/aromatic N) is 2. The van der Waals surface area contributed by atoms with E-state index >= 15 is 0 Å². The summed E-state index contributed by atoms with van der Waals surface area (Å²) in [6.45, 7) is 8.44. The minimum absolute atomic E-state index is 0.264. The highest BCUT2D eigenvalue weighted by Crippen LogP contribution is 2.24. The molecule has 2 aliphatic heterocycles. The first-order valence-corrected chi connectivity index (χ1v) is 7.71. The van der Waals surface area contributed by atoms with Crippen LogP contribution >= 0.6 is 0 Å². The van der Waals surface area contributed by atoms with Crippen LogP contribution in [-0.2, 0) is 9.53 Å². The largest absolute Gasteiger partial charge is 0.481 e. The van der Waals surface area contributed by atoms with Gasteiger partial charge in [0.2, 0.25) is 0 Å². The minimum atomic E-state index is -0.707. The fourth-order valence-corrected chi connectivity index (χ4v) is 3.07. The monoisotopic (exact) mass is 298 g/mol. The molecule has 120 valence electrons. The Hall–Kier alpha value is -1.30. The molecule has 0 aromatic rings. The van der Waals surface area contributed by atoms with E-state index in [-0.39, 0.29) is 18.1 Å². The molecule has 0 unspecified atom stereocenters. The maximum Gasteiger partial charge on any atom is 0.410 e. The van der Waals surface area contributed by atoms with Crippen molar-refractivity contribution in [1.29, 1.82) is 0 Å². The van der Waals surface area contributed by atoms with Gasteiger partial charge in [0.15, 0.2) is 0 Å². The van der Waals surface area contributed by atoms with Crippen LogP contribution in [0.3, 0.4) is 0 Å². The second kappa shape index (κ2) is 6.22. The van der Waals surface area contributed by atoms with Gasteiger partial charge in [0, 0.05) is 25.7 Å². The molecule has 0 aromatic carbocycles. The van der Waals surface area contributed by atoms with Gasteiger partial charge in [0.05, 0.1) is 5.92 Å². The van der Waals surface area contributed by atoms with Crippen molar-refractivity contribution in [3.05, 3.63) is 0 Å². The lowest BCUT2D eigenvalue weighted by Gasteiger charge is -2.35. The highest BCUT2D eigenvalue weighted by Gasteiger charge is 2.36. The molecule has 0 spiro atoms. The topological polar surface area (TPSA) is 70.1 Å². The van der Waals surface area contributed by atoms with Crippen LogP contribution in [0.2, 0.25) is 0 Å². The normalized spacial score (nSPS) is 27.7. The molecule has 2 fully saturated rings. The summed E-state index contributed by atoms with van der Waals surface area (Å²) in [6.07, 6.45) is 2.30. The van der Waals surface area contributed by atoms with Crippen molar-refractivity contribution in [3.8, 4) is 0 Å². The van der Waals surface area contributed by atoms with Gasteiger partial charge < -0.3 is 14.7 Å². The number of hydrogen-bond acceptors (Lipinski definition) is 4. The molecule has 2 aliphatic rings. The third-order valence-electron chi connectivity index (χ3n) is 4.13. The van der Waals surface area contributed by atoms with Gasteiger partial charge in [-0.25, -0.2) is 4.79 Å². The first-order valence-electron chi connectivity index (χ1n) is 7.71. The number of likely N-dealkylation sites (tertiary alicyclic amines) is 2. The molecule has 0 radical (unpaired) electrons. The zero-order chi connectivity index (χ0) is 15.6. The summed E-state index contributed by atoms with van der Waals surface area (Å²) in [5, 5.41) is 9.16. The van der Waals surface area contributed by atoms with Crippen molar-refractivity contribution in [3.63, 3.8) is 0 Å². The Bertz CT molecular complexity index is 405. The van der Waals surface area contributed by atoms with Gasteiger partial charge in [0.25, 0.3) is 0 Å². The van der Waals surface area contributed by atoms with Crippen LogP contribution in [0, 0.1) is 5.92 Å². The van der Waals surface area contributed by atoms with E-state index in [1.165, 1.54) is 0 Å². The molecule has 2 rings (SSSR count). The van der Waals surface area contributed by atoms with Crippen LogP contribution in [-0.4, -0.2) is 64.8 Å². The van der Waals surface area contributed by atoms with Gasteiger partial charge in [-0.05, 0) is 46.6 Å². The molecule has 0 saturated carbocycles. The molecular formula is C15H26N2O4. The molecular weight excluding hydrogens is 272 g/mol. The maximum absolute atomic E-state index is 12.1. The smallest absolute Gasteiger partial charge is 0.410 e. The lowest BCUT2D eigenvalue weighted by molar-refractivity contribution is -0.143. The van der Waals surface area contributed by atoms with Crippen molar-refractivity contribution in [1.82, 2.24) is 9.80 Å². The molecule has 1 amide bonds. The van der Waals surface area contributed by atoms with Crippen molar-refractivity contribution < 1.29 is 19.4 Å². The predicted molar refractivity (Wildman–Crippen MR) is 78.1 cm³/mol. The van der Waals surface area contributed by atoms with Crippen LogP contribution in [0.15, 0.2) is 0 Å². The summed E-state index contributed by atoms with van der Waals surface area (Å²) >= 11 is 0. The first kappa shape index (κ1) is 16.1. The number of amides is 1. The number of aliphatic carboxylic acids is 1. The molecule has 1 N–H and O–H groups in total. The van der Waals surface area contributed by atoms with Gasteiger partial charge >= 0.3 is 12.1 Å². The summed E-state index contributed by atoms with van der Waals surface area (Å²) in [6, 6.07) is 0.264. The Morgan fingerprint density at radius 2 is 1.86 bits per heavy atom. The molecule has 0 aromatic heterocycles. The molecule has 6 nitrogen and oxygen atoms in total. The number of piperidine rings is 1. The molecule has 2 saturated heterocycles. The fourth-order valence-electron chi connectivity index (χ4n) is 3.07. The Balaban J connectivity index is 1.87. The number of carbonyl (C=O) groups excluding carboxylic acids is 1. The number of hydrogen-bond donors (Lipinski definition) is 1. The number of rotatable bonds is 2. The summed E-state index contributed by atoms with van der Waals surface area (Å²) in [5.41, 5.74) is -0.477. The highest BCUT2D eigenvalue weighted by atomic mass is 16.6. The molecule has 6 heteroatoms. The number of carboxylic acids is 1. The summed E-state index contributed by atoms with van der Waals surface area (Å²) < 4.78 is 5.39. The van der Waals surface area contributed by atoms with E-state index in [4.69, 9.17) is 9.84 Å². The average Bonchev–Trinajstić information content (AvgIpc) is 2.86. The second-order valence-corrected chi connectivity index (χ2v) is 7.04. The predicted octanol–water partition coefficient (Wildman–Crippen LogP) is 1.79. The maximum atomic E-state index is 12.1. The fraction of sp³-hybridized carbons (Fsp3) is 0.867. The van der Waals surface area contributed by atoms with Gasteiger partial charge in [-0.15, -0.1) is 0 Å². The summed E-state index contributed by atoms with van der Waals surface area (Å²) in [5.74, 6) is -0.976. The zero-order valence-electron chi connectivity index (χ0n) is 13.2. The van der Waals surface area contributed by atoms with E-state index in [2.05, 4.69) is 4.90 Å². The lowest BCUT2D eigenvalue weighted by Crippen LogP contribution is -2.46. The molecule has 0 aliphatic carbocycles. The van der Waals surface area contributed by atoms with Crippen LogP contribution in [0.4, 0.5) is 4.79 Å². The van der Waals surface area contributed by atoms with Crippen molar-refractivity contribution >= 4 is 12.1 Å². The number of ether oxygens (including phenoxy) is 1. The van der Waals surface area contributed by atoms with E-state index in [0.717, 1.165) is 25.8 Å². The number of carbonyl (C=O) groups is 2. The Morgan fingerprint density at radius 3 is 2.48 bits per heavy atom. The van der Waals surface area contributed by atoms with E-state index < -0.39 is 11.6 Å². The van der Waals surface area contributed by atoms with E-state index in [9.17, 15) is 9.59 Å². The lowest BCUT2D eigenvalue weighted by atomic mass is 9.97. The van der Waals surface area contributed by atoms with Gasteiger partial charge in [-0.2, -0.15) is 0 Å². The van der Waals surface area contributed by atoms with Crippen LogP contribution < -0.4 is 0 Å². The number of carboxylic acid groups (broad SMARTS) is 1. The quantitative estimate of drug-likeness (QED) is 0.841. The van der Waals surface area contributed by atoms with Crippen molar-refractivity contribution in [2.75, 3.05) is 26.2 Å². The van der Waals surface area contributed by atoms with Crippen molar-refractivity contribution in [2.24, 2.45) is 5.92 Å². The highest BCUT2D eigenvalue weighted by molar-refractivity contribution is 5.70. The van der Waals surface area contributed by atoms with E-state index in [0.29, 0.717) is 19.6 Å². The molecule has 0 bridgehead atoms. The third-order valence-corrected chi connectivity index (χ3v) is 4.13. The van der Waals surface area contributed by atoms with Crippen LogP contribution in [0.25, 0.3) is 0 Å². The molecule has 2 heterocycles. The first-order chi connectivity index (χ1) is 9.76. The van der Waals surface area contributed by atoms with Crippen LogP contribution in [0.5, 0.6) is 0 Å².